The summed E-state index contributed by atoms with van der Waals surface area (Å²) in [6.07, 6.45) is 2.17. The Morgan fingerprint density at radius 1 is 1.67 bits per heavy atom. The van der Waals surface area contributed by atoms with E-state index in [9.17, 15) is 4.79 Å². The normalized spacial score (nSPS) is 16.1. The fraction of sp³-hybridized carbons (Fsp3) is 0.375. The first-order valence-corrected chi connectivity index (χ1v) is 4.96. The molecule has 1 heterocycles. The van der Waals surface area contributed by atoms with Crippen LogP contribution in [-0.2, 0) is 4.74 Å². The molecule has 1 saturated carbocycles. The van der Waals surface area contributed by atoms with Crippen LogP contribution in [0.2, 0.25) is 4.34 Å². The van der Waals surface area contributed by atoms with Gasteiger partial charge in [-0.25, -0.2) is 4.79 Å². The van der Waals surface area contributed by atoms with Gasteiger partial charge in [0.25, 0.3) is 0 Å². The van der Waals surface area contributed by atoms with Crippen LogP contribution in [-0.4, -0.2) is 12.1 Å². The Kier molecular flexibility index (Phi) is 2.07. The molecule has 0 aromatic carbocycles. The number of hydrogen-bond donors (Lipinski definition) is 0. The van der Waals surface area contributed by atoms with Gasteiger partial charge in [0.15, 0.2) is 0 Å². The van der Waals surface area contributed by atoms with Crippen molar-refractivity contribution in [2.24, 2.45) is 0 Å². The number of hydrogen-bond acceptors (Lipinski definition) is 3. The van der Waals surface area contributed by atoms with Crippen LogP contribution in [0.15, 0.2) is 11.4 Å². The lowest BCUT2D eigenvalue weighted by Gasteiger charge is -1.98. The van der Waals surface area contributed by atoms with Crippen molar-refractivity contribution in [3.63, 3.8) is 0 Å². The Morgan fingerprint density at radius 2 is 2.42 bits per heavy atom. The smallest absolute Gasteiger partial charge is 0.339 e. The molecule has 64 valence electrons. The molecule has 2 rings (SSSR count). The van der Waals surface area contributed by atoms with E-state index in [0.717, 1.165) is 12.8 Å². The van der Waals surface area contributed by atoms with Crippen molar-refractivity contribution in [3.8, 4) is 0 Å². The van der Waals surface area contributed by atoms with Gasteiger partial charge in [-0.3, -0.25) is 0 Å². The van der Waals surface area contributed by atoms with Crippen LogP contribution < -0.4 is 0 Å². The second-order valence-corrected chi connectivity index (χ2v) is 4.29. The summed E-state index contributed by atoms with van der Waals surface area (Å²) in [6, 6.07) is 1.64. The molecule has 4 heteroatoms. The maximum atomic E-state index is 11.2. The molecule has 0 N–H and O–H groups in total. The zero-order valence-electron chi connectivity index (χ0n) is 6.25. The summed E-state index contributed by atoms with van der Waals surface area (Å²) in [5.41, 5.74) is 0.567. The molecule has 0 spiro atoms. The molecule has 0 bridgehead atoms. The van der Waals surface area contributed by atoms with E-state index in [0.29, 0.717) is 9.90 Å². The summed E-state index contributed by atoms with van der Waals surface area (Å²) in [7, 11) is 0. The van der Waals surface area contributed by atoms with E-state index in [1.54, 1.807) is 11.4 Å². The first kappa shape index (κ1) is 8.08. The number of carbonyl (C=O) groups excluding carboxylic acids is 1. The molecule has 12 heavy (non-hydrogen) atoms. The highest BCUT2D eigenvalue weighted by atomic mass is 35.5. The number of esters is 1. The minimum atomic E-state index is -0.249. The highest BCUT2D eigenvalue weighted by molar-refractivity contribution is 7.14. The fourth-order valence-electron chi connectivity index (χ4n) is 0.822. The predicted molar refractivity (Wildman–Crippen MR) is 47.8 cm³/mol. The maximum Gasteiger partial charge on any atom is 0.339 e. The van der Waals surface area contributed by atoms with Crippen molar-refractivity contribution >= 4 is 28.9 Å². The third-order valence-corrected chi connectivity index (χ3v) is 2.69. The standard InChI is InChI=1S/C8H7ClO2S/c9-7-3-5(4-12-7)8(10)11-6-1-2-6/h3-4,6H,1-2H2. The van der Waals surface area contributed by atoms with Crippen LogP contribution >= 0.6 is 22.9 Å². The monoisotopic (exact) mass is 202 g/mol. The number of ether oxygens (including phenoxy) is 1. The number of thiophene rings is 1. The Hall–Kier alpha value is -0.540. The van der Waals surface area contributed by atoms with Crippen molar-refractivity contribution in [1.82, 2.24) is 0 Å². The zero-order chi connectivity index (χ0) is 8.55. The summed E-state index contributed by atoms with van der Waals surface area (Å²) >= 11 is 7.01. The molecule has 1 aliphatic carbocycles. The highest BCUT2D eigenvalue weighted by Crippen LogP contribution is 2.26. The Morgan fingerprint density at radius 3 is 2.92 bits per heavy atom. The summed E-state index contributed by atoms with van der Waals surface area (Å²) < 4.78 is 5.69. The third-order valence-electron chi connectivity index (χ3n) is 1.60. The molecule has 0 unspecified atom stereocenters. The van der Waals surface area contributed by atoms with Crippen molar-refractivity contribution < 1.29 is 9.53 Å². The second kappa shape index (κ2) is 3.07. The number of carbonyl (C=O) groups is 1. The van der Waals surface area contributed by atoms with E-state index in [4.69, 9.17) is 16.3 Å². The molecule has 0 amide bonds. The van der Waals surface area contributed by atoms with Crippen molar-refractivity contribution in [2.45, 2.75) is 18.9 Å². The molecule has 1 aromatic heterocycles. The molecule has 0 aliphatic heterocycles. The van der Waals surface area contributed by atoms with Gasteiger partial charge in [-0.2, -0.15) is 0 Å². The molecule has 0 radical (unpaired) electrons. The molecular weight excluding hydrogens is 196 g/mol. The van der Waals surface area contributed by atoms with Gasteiger partial charge < -0.3 is 4.74 Å². The molecule has 2 nitrogen and oxygen atoms in total. The largest absolute Gasteiger partial charge is 0.459 e. The summed E-state index contributed by atoms with van der Waals surface area (Å²) in [5.74, 6) is -0.249. The van der Waals surface area contributed by atoms with E-state index in [2.05, 4.69) is 0 Å². The molecule has 1 fully saturated rings. The number of rotatable bonds is 2. The minimum absolute atomic E-state index is 0.163. The van der Waals surface area contributed by atoms with E-state index >= 15 is 0 Å². The van der Waals surface area contributed by atoms with Gasteiger partial charge in [-0.1, -0.05) is 11.6 Å². The number of halogens is 1. The van der Waals surface area contributed by atoms with Crippen LogP contribution in [0.25, 0.3) is 0 Å². The second-order valence-electron chi connectivity index (χ2n) is 2.74. The van der Waals surface area contributed by atoms with E-state index < -0.39 is 0 Å². The molecular formula is C8H7ClO2S. The van der Waals surface area contributed by atoms with Crippen LogP contribution in [0.1, 0.15) is 23.2 Å². The maximum absolute atomic E-state index is 11.2. The van der Waals surface area contributed by atoms with Gasteiger partial charge in [-0.05, 0) is 18.9 Å². The van der Waals surface area contributed by atoms with Crippen molar-refractivity contribution in [1.29, 1.82) is 0 Å². The predicted octanol–water partition coefficient (Wildman–Crippen LogP) is 2.72. The Bertz CT molecular complexity index is 304. The van der Waals surface area contributed by atoms with Gasteiger partial charge in [0.05, 0.1) is 9.90 Å². The van der Waals surface area contributed by atoms with Gasteiger partial charge in [0.1, 0.15) is 6.10 Å². The first-order chi connectivity index (χ1) is 5.75. The summed E-state index contributed by atoms with van der Waals surface area (Å²) in [6.45, 7) is 0. The highest BCUT2D eigenvalue weighted by Gasteiger charge is 2.26. The quantitative estimate of drug-likeness (QED) is 0.690. The lowest BCUT2D eigenvalue weighted by atomic mass is 10.3. The van der Waals surface area contributed by atoms with Gasteiger partial charge in [0, 0.05) is 5.38 Å². The van der Waals surface area contributed by atoms with Gasteiger partial charge in [0.2, 0.25) is 0 Å². The van der Waals surface area contributed by atoms with Crippen LogP contribution in [0, 0.1) is 0 Å². The van der Waals surface area contributed by atoms with Crippen LogP contribution in [0.4, 0.5) is 0 Å². The topological polar surface area (TPSA) is 26.3 Å². The Labute approximate surface area is 79.1 Å². The molecule has 1 aliphatic rings. The average molecular weight is 203 g/mol. The summed E-state index contributed by atoms with van der Waals surface area (Å²) in [5, 5.41) is 1.72. The van der Waals surface area contributed by atoms with E-state index in [1.807, 2.05) is 0 Å². The molecule has 1 aromatic rings. The Balaban J connectivity index is 2.03. The SMILES string of the molecule is O=C(OC1CC1)c1csc(Cl)c1. The molecule has 0 saturated heterocycles. The van der Waals surface area contributed by atoms with Gasteiger partial charge in [-0.15, -0.1) is 11.3 Å². The fourth-order valence-corrected chi connectivity index (χ4v) is 1.67. The van der Waals surface area contributed by atoms with Crippen molar-refractivity contribution in [2.75, 3.05) is 0 Å². The van der Waals surface area contributed by atoms with Gasteiger partial charge >= 0.3 is 5.97 Å². The van der Waals surface area contributed by atoms with E-state index in [-0.39, 0.29) is 12.1 Å². The summed E-state index contributed by atoms with van der Waals surface area (Å²) in [4.78, 5) is 11.2. The van der Waals surface area contributed by atoms with E-state index in [1.165, 1.54) is 11.3 Å². The lowest BCUT2D eigenvalue weighted by Crippen LogP contribution is -2.04. The van der Waals surface area contributed by atoms with Crippen LogP contribution in [0.5, 0.6) is 0 Å². The molecule has 0 atom stereocenters. The minimum Gasteiger partial charge on any atom is -0.459 e. The zero-order valence-corrected chi connectivity index (χ0v) is 7.82. The average Bonchev–Trinajstić information content (AvgIpc) is 2.72. The first-order valence-electron chi connectivity index (χ1n) is 3.71. The van der Waals surface area contributed by atoms with Crippen molar-refractivity contribution in [3.05, 3.63) is 21.3 Å². The third kappa shape index (κ3) is 1.79. The lowest BCUT2D eigenvalue weighted by molar-refractivity contribution is 0.0473. The van der Waals surface area contributed by atoms with Crippen LogP contribution in [0.3, 0.4) is 0 Å².